The SMILES string of the molecule is CCCC[C@@H](C(=O)OCC(=O)c1ccc(C)cc1)N1C(=O)c2ccccc2C1=O. The first kappa shape index (κ1) is 20.5. The van der Waals surface area contributed by atoms with Crippen LogP contribution in [-0.4, -0.2) is 41.1 Å². The fourth-order valence-corrected chi connectivity index (χ4v) is 3.30. The van der Waals surface area contributed by atoms with E-state index in [1.807, 2.05) is 13.8 Å². The molecular weight excluding hydrogens is 370 g/mol. The van der Waals surface area contributed by atoms with Gasteiger partial charge in [0.15, 0.2) is 12.4 Å². The maximum Gasteiger partial charge on any atom is 0.329 e. The third kappa shape index (κ3) is 4.26. The lowest BCUT2D eigenvalue weighted by molar-refractivity contribution is -0.147. The molecule has 2 aromatic carbocycles. The Labute approximate surface area is 169 Å². The molecule has 6 heteroatoms. The molecule has 0 N–H and O–H groups in total. The average molecular weight is 393 g/mol. The minimum atomic E-state index is -1.05. The van der Waals surface area contributed by atoms with Crippen molar-refractivity contribution in [2.45, 2.75) is 39.2 Å². The second-order valence-electron chi connectivity index (χ2n) is 7.08. The number of aryl methyl sites for hydroxylation is 1. The molecule has 0 unspecified atom stereocenters. The predicted octanol–water partition coefficient (Wildman–Crippen LogP) is 3.58. The molecule has 3 rings (SSSR count). The highest BCUT2D eigenvalue weighted by Crippen LogP contribution is 2.27. The number of unbranched alkanes of at least 4 members (excludes halogenated alkanes) is 1. The van der Waals surface area contributed by atoms with Crippen LogP contribution in [0.5, 0.6) is 0 Å². The summed E-state index contributed by atoms with van der Waals surface area (Å²) in [5.74, 6) is -2.09. The molecule has 1 heterocycles. The molecule has 150 valence electrons. The molecule has 0 bridgehead atoms. The number of ether oxygens (including phenoxy) is 1. The van der Waals surface area contributed by atoms with E-state index < -0.39 is 30.4 Å². The predicted molar refractivity (Wildman–Crippen MR) is 107 cm³/mol. The van der Waals surface area contributed by atoms with Gasteiger partial charge in [-0.15, -0.1) is 0 Å². The molecule has 1 aliphatic rings. The summed E-state index contributed by atoms with van der Waals surface area (Å²) < 4.78 is 5.22. The lowest BCUT2D eigenvalue weighted by atomic mass is 10.1. The van der Waals surface area contributed by atoms with E-state index in [1.54, 1.807) is 48.5 Å². The van der Waals surface area contributed by atoms with Crippen LogP contribution in [0.1, 0.15) is 62.8 Å². The summed E-state index contributed by atoms with van der Waals surface area (Å²) in [6, 6.07) is 12.4. The average Bonchev–Trinajstić information content (AvgIpc) is 2.98. The number of imide groups is 1. The van der Waals surface area contributed by atoms with Gasteiger partial charge in [-0.25, -0.2) is 4.79 Å². The molecule has 1 atom stereocenters. The Morgan fingerprint density at radius 3 is 2.10 bits per heavy atom. The molecule has 0 saturated carbocycles. The number of esters is 1. The fraction of sp³-hybridized carbons (Fsp3) is 0.304. The maximum atomic E-state index is 12.7. The Morgan fingerprint density at radius 2 is 1.55 bits per heavy atom. The molecule has 2 aromatic rings. The quantitative estimate of drug-likeness (QED) is 0.389. The van der Waals surface area contributed by atoms with Gasteiger partial charge in [-0.2, -0.15) is 0 Å². The summed E-state index contributed by atoms with van der Waals surface area (Å²) in [5.41, 5.74) is 2.02. The van der Waals surface area contributed by atoms with E-state index in [4.69, 9.17) is 4.74 Å². The summed E-state index contributed by atoms with van der Waals surface area (Å²) in [6.07, 6.45) is 1.72. The number of carbonyl (C=O) groups is 4. The van der Waals surface area contributed by atoms with Crippen molar-refractivity contribution in [1.82, 2.24) is 4.90 Å². The van der Waals surface area contributed by atoms with Gasteiger partial charge < -0.3 is 4.74 Å². The van der Waals surface area contributed by atoms with Crippen LogP contribution in [0.3, 0.4) is 0 Å². The smallest absolute Gasteiger partial charge is 0.329 e. The monoisotopic (exact) mass is 393 g/mol. The number of fused-ring (bicyclic) bond motifs is 1. The van der Waals surface area contributed by atoms with Crippen molar-refractivity contribution in [1.29, 1.82) is 0 Å². The van der Waals surface area contributed by atoms with Crippen LogP contribution < -0.4 is 0 Å². The van der Waals surface area contributed by atoms with Gasteiger partial charge in [0.25, 0.3) is 11.8 Å². The van der Waals surface area contributed by atoms with Gasteiger partial charge in [0.2, 0.25) is 0 Å². The van der Waals surface area contributed by atoms with Crippen molar-refractivity contribution in [3.05, 3.63) is 70.8 Å². The molecule has 0 radical (unpaired) electrons. The number of nitrogens with zero attached hydrogens (tertiary/aromatic N) is 1. The normalized spacial score (nSPS) is 13.9. The molecule has 0 aliphatic carbocycles. The number of amides is 2. The zero-order valence-corrected chi connectivity index (χ0v) is 16.5. The summed E-state index contributed by atoms with van der Waals surface area (Å²) in [6.45, 7) is 3.42. The topological polar surface area (TPSA) is 80.8 Å². The van der Waals surface area contributed by atoms with Crippen LogP contribution in [0.25, 0.3) is 0 Å². The number of benzene rings is 2. The van der Waals surface area contributed by atoms with E-state index >= 15 is 0 Å². The van der Waals surface area contributed by atoms with E-state index in [2.05, 4.69) is 0 Å². The second-order valence-corrected chi connectivity index (χ2v) is 7.08. The molecule has 0 fully saturated rings. The minimum absolute atomic E-state index is 0.280. The standard InChI is InChI=1S/C23H23NO5/c1-3-4-9-19(24-21(26)17-7-5-6-8-18(17)22(24)27)23(28)29-14-20(25)16-12-10-15(2)11-13-16/h5-8,10-13,19H,3-4,9,14H2,1-2H3/t19-/m0/s1. The summed E-state index contributed by atoms with van der Waals surface area (Å²) >= 11 is 0. The summed E-state index contributed by atoms with van der Waals surface area (Å²) in [4.78, 5) is 51.5. The Hall–Kier alpha value is -3.28. The van der Waals surface area contributed by atoms with E-state index in [9.17, 15) is 19.2 Å². The van der Waals surface area contributed by atoms with Crippen LogP contribution in [0.15, 0.2) is 48.5 Å². The molecular formula is C23H23NO5. The van der Waals surface area contributed by atoms with Gasteiger partial charge >= 0.3 is 5.97 Å². The fourth-order valence-electron chi connectivity index (χ4n) is 3.30. The zero-order chi connectivity index (χ0) is 21.0. The summed E-state index contributed by atoms with van der Waals surface area (Å²) in [7, 11) is 0. The number of hydrogen-bond donors (Lipinski definition) is 0. The van der Waals surface area contributed by atoms with Crippen LogP contribution >= 0.6 is 0 Å². The van der Waals surface area contributed by atoms with E-state index in [1.165, 1.54) is 0 Å². The van der Waals surface area contributed by atoms with Crippen molar-refractivity contribution >= 4 is 23.6 Å². The number of carbonyl (C=O) groups excluding carboxylic acids is 4. The zero-order valence-electron chi connectivity index (χ0n) is 16.5. The van der Waals surface area contributed by atoms with Crippen LogP contribution in [0.4, 0.5) is 0 Å². The second kappa shape index (κ2) is 8.82. The van der Waals surface area contributed by atoms with Crippen LogP contribution in [0, 0.1) is 6.92 Å². The van der Waals surface area contributed by atoms with Crippen molar-refractivity contribution in [2.24, 2.45) is 0 Å². The number of rotatable bonds is 8. The van der Waals surface area contributed by atoms with Crippen LogP contribution in [-0.2, 0) is 9.53 Å². The number of hydrogen-bond acceptors (Lipinski definition) is 5. The first-order valence-corrected chi connectivity index (χ1v) is 9.67. The molecule has 1 aliphatic heterocycles. The number of ketones is 1. The van der Waals surface area contributed by atoms with Gasteiger partial charge in [0.05, 0.1) is 11.1 Å². The largest absolute Gasteiger partial charge is 0.456 e. The van der Waals surface area contributed by atoms with Gasteiger partial charge in [0.1, 0.15) is 6.04 Å². The molecule has 2 amide bonds. The lowest BCUT2D eigenvalue weighted by Crippen LogP contribution is -2.46. The molecule has 0 saturated heterocycles. The van der Waals surface area contributed by atoms with Crippen molar-refractivity contribution in [3.8, 4) is 0 Å². The van der Waals surface area contributed by atoms with Gasteiger partial charge in [-0.1, -0.05) is 61.7 Å². The van der Waals surface area contributed by atoms with E-state index in [-0.39, 0.29) is 16.9 Å². The minimum Gasteiger partial charge on any atom is -0.456 e. The number of Topliss-reactive ketones (excluding diaryl/α,β-unsaturated/α-hetero) is 1. The van der Waals surface area contributed by atoms with E-state index in [0.29, 0.717) is 18.4 Å². The van der Waals surface area contributed by atoms with Crippen molar-refractivity contribution < 1.29 is 23.9 Å². The summed E-state index contributed by atoms with van der Waals surface area (Å²) in [5, 5.41) is 0. The maximum absolute atomic E-state index is 12.7. The molecule has 0 aromatic heterocycles. The van der Waals surface area contributed by atoms with Gasteiger partial charge in [-0.05, 0) is 25.5 Å². The molecule has 6 nitrogen and oxygen atoms in total. The highest BCUT2D eigenvalue weighted by Gasteiger charge is 2.43. The van der Waals surface area contributed by atoms with Crippen molar-refractivity contribution in [2.75, 3.05) is 6.61 Å². The van der Waals surface area contributed by atoms with Gasteiger partial charge in [-0.3, -0.25) is 19.3 Å². The Kier molecular flexibility index (Phi) is 6.22. The molecule has 0 spiro atoms. The molecule has 29 heavy (non-hydrogen) atoms. The Morgan fingerprint density at radius 1 is 0.966 bits per heavy atom. The van der Waals surface area contributed by atoms with E-state index in [0.717, 1.165) is 16.9 Å². The van der Waals surface area contributed by atoms with Crippen molar-refractivity contribution in [3.63, 3.8) is 0 Å². The highest BCUT2D eigenvalue weighted by atomic mass is 16.5. The van der Waals surface area contributed by atoms with Crippen LogP contribution in [0.2, 0.25) is 0 Å². The third-order valence-corrected chi connectivity index (χ3v) is 4.96. The highest BCUT2D eigenvalue weighted by molar-refractivity contribution is 6.22. The third-order valence-electron chi connectivity index (χ3n) is 4.96. The first-order chi connectivity index (χ1) is 13.9. The lowest BCUT2D eigenvalue weighted by Gasteiger charge is -2.24. The first-order valence-electron chi connectivity index (χ1n) is 9.67. The Bertz CT molecular complexity index is 913. The van der Waals surface area contributed by atoms with Gasteiger partial charge in [0, 0.05) is 5.56 Å². The Balaban J connectivity index is 1.74.